The fraction of sp³-hybridized carbons (Fsp3) is 0.105. The number of H-pyrrole nitrogens is 1. The molecule has 0 unspecified atom stereocenters. The van der Waals surface area contributed by atoms with Gasteiger partial charge in [-0.05, 0) is 42.8 Å². The van der Waals surface area contributed by atoms with Crippen molar-refractivity contribution in [3.05, 3.63) is 82.2 Å². The molecule has 1 N–H and O–H groups in total. The van der Waals surface area contributed by atoms with E-state index in [9.17, 15) is 14.0 Å². The topological polar surface area (TPSA) is 72.0 Å². The van der Waals surface area contributed by atoms with Crippen molar-refractivity contribution in [3.63, 3.8) is 0 Å². The van der Waals surface area contributed by atoms with Crippen LogP contribution in [-0.4, -0.2) is 15.9 Å². The van der Waals surface area contributed by atoms with Gasteiger partial charge in [0, 0.05) is 6.08 Å². The lowest BCUT2D eigenvalue weighted by Crippen LogP contribution is -2.16. The summed E-state index contributed by atoms with van der Waals surface area (Å²) in [6, 6.07) is 12.7. The Labute approximate surface area is 142 Å². The number of aromatic amines is 1. The van der Waals surface area contributed by atoms with Crippen molar-refractivity contribution >= 4 is 22.9 Å². The van der Waals surface area contributed by atoms with Gasteiger partial charge in [-0.2, -0.15) is 0 Å². The number of carbonyl (C=O) groups is 1. The molecule has 25 heavy (non-hydrogen) atoms. The lowest BCUT2D eigenvalue weighted by Gasteiger charge is -2.11. The molecule has 0 amide bonds. The number of fused-ring (bicyclic) bond motifs is 1. The molecule has 0 bridgehead atoms. The molecule has 1 aromatic heterocycles. The second-order valence-corrected chi connectivity index (χ2v) is 5.44. The van der Waals surface area contributed by atoms with Crippen molar-refractivity contribution in [1.29, 1.82) is 0 Å². The second-order valence-electron chi connectivity index (χ2n) is 5.44. The second kappa shape index (κ2) is 7.09. The molecule has 6 heteroatoms. The van der Waals surface area contributed by atoms with Crippen LogP contribution in [0.5, 0.6) is 0 Å². The first-order valence-corrected chi connectivity index (χ1v) is 7.66. The minimum atomic E-state index is -0.734. The molecule has 0 aliphatic heterocycles. The molecular formula is C19H15FN2O3. The summed E-state index contributed by atoms with van der Waals surface area (Å²) in [4.78, 5) is 30.9. The fourth-order valence-electron chi connectivity index (χ4n) is 2.34. The van der Waals surface area contributed by atoms with Crippen molar-refractivity contribution in [2.45, 2.75) is 13.0 Å². The third-order valence-electron chi connectivity index (χ3n) is 3.57. The molecule has 1 heterocycles. The molecule has 0 aliphatic rings. The van der Waals surface area contributed by atoms with Crippen molar-refractivity contribution in [2.75, 3.05) is 0 Å². The van der Waals surface area contributed by atoms with Crippen LogP contribution in [0.2, 0.25) is 0 Å². The van der Waals surface area contributed by atoms with Gasteiger partial charge >= 0.3 is 5.97 Å². The molecule has 5 nitrogen and oxygen atoms in total. The van der Waals surface area contributed by atoms with Crippen LogP contribution in [0.3, 0.4) is 0 Å². The van der Waals surface area contributed by atoms with Crippen molar-refractivity contribution in [3.8, 4) is 0 Å². The summed E-state index contributed by atoms with van der Waals surface area (Å²) < 4.78 is 18.3. The van der Waals surface area contributed by atoms with Gasteiger partial charge in [-0.25, -0.2) is 14.2 Å². The zero-order valence-electron chi connectivity index (χ0n) is 13.4. The fourth-order valence-corrected chi connectivity index (χ4v) is 2.34. The molecule has 0 spiro atoms. The third kappa shape index (κ3) is 3.98. The Kier molecular flexibility index (Phi) is 4.70. The van der Waals surface area contributed by atoms with Crippen LogP contribution in [0.15, 0.2) is 59.4 Å². The number of esters is 1. The van der Waals surface area contributed by atoms with Crippen LogP contribution in [0.25, 0.3) is 17.0 Å². The Morgan fingerprint density at radius 2 is 2.04 bits per heavy atom. The van der Waals surface area contributed by atoms with Crippen molar-refractivity contribution < 1.29 is 13.9 Å². The lowest BCUT2D eigenvalue weighted by atomic mass is 10.2. The Balaban J connectivity index is 1.74. The van der Waals surface area contributed by atoms with E-state index in [4.69, 9.17) is 4.74 Å². The summed E-state index contributed by atoms with van der Waals surface area (Å²) in [5.41, 5.74) is 0.778. The summed E-state index contributed by atoms with van der Waals surface area (Å²) in [6.07, 6.45) is 1.92. The van der Waals surface area contributed by atoms with E-state index in [0.717, 1.165) is 0 Å². The first-order valence-electron chi connectivity index (χ1n) is 7.66. The summed E-state index contributed by atoms with van der Waals surface area (Å²) in [6.45, 7) is 1.61. The Hall–Kier alpha value is -3.28. The molecule has 126 valence electrons. The number of hydrogen-bond acceptors (Lipinski definition) is 4. The van der Waals surface area contributed by atoms with Crippen LogP contribution >= 0.6 is 0 Å². The molecule has 0 saturated carbocycles. The third-order valence-corrected chi connectivity index (χ3v) is 3.57. The average Bonchev–Trinajstić information content (AvgIpc) is 2.60. The predicted molar refractivity (Wildman–Crippen MR) is 92.3 cm³/mol. The minimum Gasteiger partial charge on any atom is -0.451 e. The Morgan fingerprint density at radius 3 is 2.84 bits per heavy atom. The van der Waals surface area contributed by atoms with Gasteiger partial charge in [0.15, 0.2) is 11.9 Å². The van der Waals surface area contributed by atoms with E-state index in [1.807, 2.05) is 0 Å². The number of para-hydroxylation sites is 1. The van der Waals surface area contributed by atoms with Gasteiger partial charge < -0.3 is 9.72 Å². The van der Waals surface area contributed by atoms with Crippen molar-refractivity contribution in [1.82, 2.24) is 9.97 Å². The zero-order valence-corrected chi connectivity index (χ0v) is 13.4. The summed E-state index contributed by atoms with van der Waals surface area (Å²) in [7, 11) is 0. The lowest BCUT2D eigenvalue weighted by molar-refractivity contribution is -0.142. The van der Waals surface area contributed by atoms with Crippen molar-refractivity contribution in [2.24, 2.45) is 0 Å². The standard InChI is InChI=1S/C19H15FN2O3/c1-12(18-21-16-8-3-2-7-15(16)19(24)22-18)25-17(23)10-9-13-5-4-6-14(20)11-13/h2-12H,1H3,(H,21,22,24)/b10-9+/t12-/m1/s1. The van der Waals surface area contributed by atoms with E-state index >= 15 is 0 Å². The number of ether oxygens (including phenoxy) is 1. The first kappa shape index (κ1) is 16.6. The van der Waals surface area contributed by atoms with E-state index < -0.39 is 12.1 Å². The van der Waals surface area contributed by atoms with Crippen LogP contribution in [0.4, 0.5) is 4.39 Å². The smallest absolute Gasteiger partial charge is 0.331 e. The highest BCUT2D eigenvalue weighted by molar-refractivity contribution is 5.87. The Bertz CT molecular complexity index is 1010. The van der Waals surface area contributed by atoms with Gasteiger partial charge in [-0.1, -0.05) is 24.3 Å². The number of benzene rings is 2. The maximum atomic E-state index is 13.1. The number of hydrogen-bond donors (Lipinski definition) is 1. The predicted octanol–water partition coefficient (Wildman–Crippen LogP) is 3.38. The highest BCUT2D eigenvalue weighted by atomic mass is 19.1. The maximum absolute atomic E-state index is 13.1. The monoisotopic (exact) mass is 338 g/mol. The van der Waals surface area contributed by atoms with Gasteiger partial charge in [0.05, 0.1) is 10.9 Å². The highest BCUT2D eigenvalue weighted by Crippen LogP contribution is 2.15. The summed E-state index contributed by atoms with van der Waals surface area (Å²) in [5.74, 6) is -0.745. The van der Waals surface area contributed by atoms with Crippen LogP contribution in [0.1, 0.15) is 24.4 Å². The SMILES string of the molecule is C[C@@H](OC(=O)/C=C/c1cccc(F)c1)c1nc2ccccc2c(=O)[nH]1. The maximum Gasteiger partial charge on any atom is 0.331 e. The molecule has 0 saturated heterocycles. The Morgan fingerprint density at radius 1 is 1.24 bits per heavy atom. The van der Waals surface area contributed by atoms with E-state index in [0.29, 0.717) is 16.5 Å². The molecule has 3 aromatic rings. The number of carbonyl (C=O) groups excluding carboxylic acids is 1. The summed E-state index contributed by atoms with van der Waals surface area (Å²) in [5, 5.41) is 0.468. The van der Waals surface area contributed by atoms with Gasteiger partial charge in [-0.15, -0.1) is 0 Å². The normalized spacial score (nSPS) is 12.4. The van der Waals surface area contributed by atoms with Gasteiger partial charge in [0.25, 0.3) is 5.56 Å². The van der Waals surface area contributed by atoms with E-state index in [1.54, 1.807) is 43.3 Å². The van der Waals surface area contributed by atoms with Crippen LogP contribution in [-0.2, 0) is 9.53 Å². The largest absolute Gasteiger partial charge is 0.451 e. The highest BCUT2D eigenvalue weighted by Gasteiger charge is 2.14. The zero-order chi connectivity index (χ0) is 17.8. The van der Waals surface area contributed by atoms with E-state index in [-0.39, 0.29) is 17.2 Å². The van der Waals surface area contributed by atoms with E-state index in [1.165, 1.54) is 24.3 Å². The van der Waals surface area contributed by atoms with Gasteiger partial charge in [0.1, 0.15) is 5.82 Å². The number of halogens is 1. The number of aromatic nitrogens is 2. The summed E-state index contributed by atoms with van der Waals surface area (Å²) >= 11 is 0. The number of nitrogens with zero attached hydrogens (tertiary/aromatic N) is 1. The van der Waals surface area contributed by atoms with Gasteiger partial charge in [0.2, 0.25) is 0 Å². The number of rotatable bonds is 4. The average molecular weight is 338 g/mol. The van der Waals surface area contributed by atoms with Gasteiger partial charge in [-0.3, -0.25) is 4.79 Å². The molecular weight excluding hydrogens is 323 g/mol. The molecule has 0 aliphatic carbocycles. The quantitative estimate of drug-likeness (QED) is 0.585. The minimum absolute atomic E-state index is 0.260. The molecule has 0 radical (unpaired) electrons. The van der Waals surface area contributed by atoms with Crippen LogP contribution < -0.4 is 5.56 Å². The van der Waals surface area contributed by atoms with Crippen LogP contribution in [0, 0.1) is 5.82 Å². The molecule has 0 fully saturated rings. The molecule has 2 aromatic carbocycles. The number of nitrogens with one attached hydrogen (secondary N) is 1. The molecule has 1 atom stereocenters. The first-order chi connectivity index (χ1) is 12.0. The molecule has 3 rings (SSSR count). The van der Waals surface area contributed by atoms with E-state index in [2.05, 4.69) is 9.97 Å².